The van der Waals surface area contributed by atoms with Crippen molar-refractivity contribution in [3.8, 4) is 0 Å². The van der Waals surface area contributed by atoms with Crippen molar-refractivity contribution >= 4 is 21.8 Å². The highest BCUT2D eigenvalue weighted by Crippen LogP contribution is 2.24. The maximum Gasteiger partial charge on any atom is 0.230 e. The van der Waals surface area contributed by atoms with Crippen LogP contribution in [-0.2, 0) is 10.2 Å². The van der Waals surface area contributed by atoms with Crippen molar-refractivity contribution in [3.05, 3.63) is 34.3 Å². The SMILES string of the molecule is CC(N)CCNC(=O)C(C)(C)c1ccc(Br)cc1. The van der Waals surface area contributed by atoms with Crippen LogP contribution in [0, 0.1) is 0 Å². The Balaban J connectivity index is 2.67. The fourth-order valence-corrected chi connectivity index (χ4v) is 1.90. The molecule has 0 fully saturated rings. The summed E-state index contributed by atoms with van der Waals surface area (Å²) in [5, 5.41) is 2.94. The molecule has 0 aliphatic carbocycles. The molecule has 18 heavy (non-hydrogen) atoms. The lowest BCUT2D eigenvalue weighted by Gasteiger charge is -2.24. The third-order valence-electron chi connectivity index (χ3n) is 3.02. The molecule has 1 amide bonds. The average molecular weight is 313 g/mol. The van der Waals surface area contributed by atoms with E-state index in [1.54, 1.807) is 0 Å². The quantitative estimate of drug-likeness (QED) is 0.878. The average Bonchev–Trinajstić information content (AvgIpc) is 2.28. The van der Waals surface area contributed by atoms with Gasteiger partial charge in [0.1, 0.15) is 0 Å². The minimum Gasteiger partial charge on any atom is -0.355 e. The Morgan fingerprint density at radius 3 is 2.44 bits per heavy atom. The smallest absolute Gasteiger partial charge is 0.230 e. The number of halogens is 1. The first-order chi connectivity index (χ1) is 8.34. The zero-order chi connectivity index (χ0) is 13.8. The van der Waals surface area contributed by atoms with Crippen LogP contribution in [0.2, 0.25) is 0 Å². The number of nitrogens with one attached hydrogen (secondary N) is 1. The summed E-state index contributed by atoms with van der Waals surface area (Å²) in [7, 11) is 0. The molecule has 0 aromatic heterocycles. The van der Waals surface area contributed by atoms with Crippen LogP contribution >= 0.6 is 15.9 Å². The third kappa shape index (κ3) is 4.10. The van der Waals surface area contributed by atoms with E-state index in [4.69, 9.17) is 5.73 Å². The molecule has 0 heterocycles. The highest BCUT2D eigenvalue weighted by atomic mass is 79.9. The first-order valence-electron chi connectivity index (χ1n) is 6.14. The van der Waals surface area contributed by atoms with Gasteiger partial charge in [0.05, 0.1) is 5.41 Å². The lowest BCUT2D eigenvalue weighted by molar-refractivity contribution is -0.125. The fraction of sp³-hybridized carbons (Fsp3) is 0.500. The van der Waals surface area contributed by atoms with Crippen LogP contribution < -0.4 is 11.1 Å². The minimum atomic E-state index is -0.529. The summed E-state index contributed by atoms with van der Waals surface area (Å²) in [6, 6.07) is 7.95. The molecule has 1 atom stereocenters. The van der Waals surface area contributed by atoms with E-state index in [-0.39, 0.29) is 11.9 Å². The number of benzene rings is 1. The number of nitrogens with two attached hydrogens (primary N) is 1. The molecule has 0 spiro atoms. The van der Waals surface area contributed by atoms with E-state index < -0.39 is 5.41 Å². The molecule has 3 N–H and O–H groups in total. The van der Waals surface area contributed by atoms with Gasteiger partial charge in [-0.3, -0.25) is 4.79 Å². The van der Waals surface area contributed by atoms with Crippen molar-refractivity contribution in [2.75, 3.05) is 6.54 Å². The van der Waals surface area contributed by atoms with Gasteiger partial charge in [0.15, 0.2) is 0 Å². The molecule has 1 rings (SSSR count). The van der Waals surface area contributed by atoms with E-state index in [1.807, 2.05) is 45.0 Å². The van der Waals surface area contributed by atoms with E-state index in [9.17, 15) is 4.79 Å². The monoisotopic (exact) mass is 312 g/mol. The second kappa shape index (κ2) is 6.34. The van der Waals surface area contributed by atoms with Crippen LogP contribution in [0.4, 0.5) is 0 Å². The lowest BCUT2D eigenvalue weighted by atomic mass is 9.84. The summed E-state index contributed by atoms with van der Waals surface area (Å²) in [6.45, 7) is 6.41. The molecule has 1 aromatic rings. The fourth-order valence-electron chi connectivity index (χ4n) is 1.63. The number of rotatable bonds is 5. The van der Waals surface area contributed by atoms with Gasteiger partial charge in [-0.2, -0.15) is 0 Å². The summed E-state index contributed by atoms with van der Waals surface area (Å²) in [5.41, 5.74) is 6.13. The zero-order valence-corrected chi connectivity index (χ0v) is 12.8. The molecule has 0 aliphatic rings. The molecule has 0 bridgehead atoms. The second-order valence-electron chi connectivity index (χ2n) is 5.15. The molecule has 0 saturated carbocycles. The van der Waals surface area contributed by atoms with E-state index in [2.05, 4.69) is 21.2 Å². The van der Waals surface area contributed by atoms with Crippen molar-refractivity contribution in [2.45, 2.75) is 38.6 Å². The van der Waals surface area contributed by atoms with Crippen molar-refractivity contribution in [1.29, 1.82) is 0 Å². The molecule has 1 unspecified atom stereocenters. The molecule has 1 aromatic carbocycles. The van der Waals surface area contributed by atoms with E-state index in [0.717, 1.165) is 16.5 Å². The molecule has 0 radical (unpaired) electrons. The van der Waals surface area contributed by atoms with E-state index in [1.165, 1.54) is 0 Å². The van der Waals surface area contributed by atoms with Crippen molar-refractivity contribution < 1.29 is 4.79 Å². The maximum atomic E-state index is 12.2. The molecule has 100 valence electrons. The Labute approximate surface area is 117 Å². The van der Waals surface area contributed by atoms with Crippen LogP contribution in [0.1, 0.15) is 32.8 Å². The molecular formula is C14H21BrN2O. The second-order valence-corrected chi connectivity index (χ2v) is 6.07. The summed E-state index contributed by atoms with van der Waals surface area (Å²) >= 11 is 3.39. The van der Waals surface area contributed by atoms with E-state index >= 15 is 0 Å². The molecular weight excluding hydrogens is 292 g/mol. The predicted octanol–water partition coefficient (Wildman–Crippen LogP) is 2.58. The van der Waals surface area contributed by atoms with Gasteiger partial charge in [0.25, 0.3) is 0 Å². The molecule has 0 saturated heterocycles. The Bertz CT molecular complexity index is 399. The summed E-state index contributed by atoms with van der Waals surface area (Å²) in [4.78, 5) is 12.2. The lowest BCUT2D eigenvalue weighted by Crippen LogP contribution is -2.41. The first-order valence-corrected chi connectivity index (χ1v) is 6.93. The molecule has 0 aliphatic heterocycles. The van der Waals surface area contributed by atoms with Gasteiger partial charge in [0, 0.05) is 17.1 Å². The van der Waals surface area contributed by atoms with Crippen molar-refractivity contribution in [1.82, 2.24) is 5.32 Å². The standard InChI is InChI=1S/C14H21BrN2O/c1-10(16)8-9-17-13(18)14(2,3)11-4-6-12(15)7-5-11/h4-7,10H,8-9,16H2,1-3H3,(H,17,18). The van der Waals surface area contributed by atoms with Gasteiger partial charge < -0.3 is 11.1 Å². The van der Waals surface area contributed by atoms with Crippen LogP contribution in [0.5, 0.6) is 0 Å². The zero-order valence-electron chi connectivity index (χ0n) is 11.2. The summed E-state index contributed by atoms with van der Waals surface area (Å²) in [5.74, 6) is 0.0328. The topological polar surface area (TPSA) is 55.1 Å². The first kappa shape index (κ1) is 15.2. The van der Waals surface area contributed by atoms with Crippen LogP contribution in [-0.4, -0.2) is 18.5 Å². The van der Waals surface area contributed by atoms with Gasteiger partial charge in [-0.15, -0.1) is 0 Å². The number of carbonyl (C=O) groups excluding carboxylic acids is 1. The maximum absolute atomic E-state index is 12.2. The van der Waals surface area contributed by atoms with Gasteiger partial charge in [-0.1, -0.05) is 28.1 Å². The summed E-state index contributed by atoms with van der Waals surface area (Å²) < 4.78 is 1.01. The minimum absolute atomic E-state index is 0.0328. The predicted molar refractivity (Wildman–Crippen MR) is 78.4 cm³/mol. The largest absolute Gasteiger partial charge is 0.355 e. The molecule has 3 nitrogen and oxygen atoms in total. The van der Waals surface area contributed by atoms with Crippen LogP contribution in [0.3, 0.4) is 0 Å². The number of hydrogen-bond acceptors (Lipinski definition) is 2. The Hall–Kier alpha value is -0.870. The van der Waals surface area contributed by atoms with Gasteiger partial charge in [-0.25, -0.2) is 0 Å². The molecule has 4 heteroatoms. The van der Waals surface area contributed by atoms with Crippen LogP contribution in [0.25, 0.3) is 0 Å². The van der Waals surface area contributed by atoms with Crippen LogP contribution in [0.15, 0.2) is 28.7 Å². The van der Waals surface area contributed by atoms with Gasteiger partial charge >= 0.3 is 0 Å². The number of amides is 1. The number of hydrogen-bond donors (Lipinski definition) is 2. The van der Waals surface area contributed by atoms with Gasteiger partial charge in [-0.05, 0) is 44.9 Å². The summed E-state index contributed by atoms with van der Waals surface area (Å²) in [6.07, 6.45) is 0.794. The highest BCUT2D eigenvalue weighted by molar-refractivity contribution is 9.10. The Morgan fingerprint density at radius 2 is 1.94 bits per heavy atom. The van der Waals surface area contributed by atoms with Gasteiger partial charge in [0.2, 0.25) is 5.91 Å². The highest BCUT2D eigenvalue weighted by Gasteiger charge is 2.29. The van der Waals surface area contributed by atoms with Crippen molar-refractivity contribution in [2.24, 2.45) is 5.73 Å². The normalized spacial score (nSPS) is 13.2. The number of carbonyl (C=O) groups is 1. The third-order valence-corrected chi connectivity index (χ3v) is 3.55. The van der Waals surface area contributed by atoms with Crippen molar-refractivity contribution in [3.63, 3.8) is 0 Å². The Kier molecular flexibility index (Phi) is 5.35. The van der Waals surface area contributed by atoms with E-state index in [0.29, 0.717) is 6.54 Å². The Morgan fingerprint density at radius 1 is 1.39 bits per heavy atom.